The number of carbonyl (C=O) groups excluding carboxylic acids is 2. The van der Waals surface area contributed by atoms with E-state index in [1.807, 2.05) is 24.3 Å². The number of fused-ring (bicyclic) bond motifs is 1. The number of rotatable bonds is 5. The monoisotopic (exact) mass is 346 g/mol. The van der Waals surface area contributed by atoms with Crippen LogP contribution in [0.3, 0.4) is 0 Å². The van der Waals surface area contributed by atoms with Crippen molar-refractivity contribution in [1.82, 2.24) is 10.3 Å². The predicted octanol–water partition coefficient (Wildman–Crippen LogP) is 1.82. The number of benzene rings is 1. The largest absolute Gasteiger partial charge is 0.467 e. The van der Waals surface area contributed by atoms with E-state index in [1.165, 1.54) is 24.5 Å². The summed E-state index contributed by atoms with van der Waals surface area (Å²) in [6.07, 6.45) is 0. The molecule has 3 aromatic rings. The van der Waals surface area contributed by atoms with Gasteiger partial charge in [0.15, 0.2) is 22.6 Å². The molecule has 3 rings (SSSR count). The Hall–Kier alpha value is -2.71. The number of nitrogens with zero attached hydrogens (tertiary/aromatic N) is 1. The van der Waals surface area contributed by atoms with Crippen LogP contribution >= 0.6 is 11.3 Å². The SMILES string of the molecule is COC(=O)[C@H](CO)NC(=O)c1ccc(-c2nc3ccccc3s2)o1. The van der Waals surface area contributed by atoms with Crippen molar-refractivity contribution in [3.63, 3.8) is 0 Å². The van der Waals surface area contributed by atoms with Crippen LogP contribution in [0.5, 0.6) is 0 Å². The van der Waals surface area contributed by atoms with Crippen molar-refractivity contribution in [2.45, 2.75) is 6.04 Å². The Morgan fingerprint density at radius 1 is 1.33 bits per heavy atom. The van der Waals surface area contributed by atoms with Gasteiger partial charge in [-0.1, -0.05) is 12.1 Å². The van der Waals surface area contributed by atoms with Gasteiger partial charge in [-0.15, -0.1) is 11.3 Å². The maximum atomic E-state index is 12.1. The molecule has 0 aliphatic rings. The molecule has 1 atom stereocenters. The van der Waals surface area contributed by atoms with E-state index in [2.05, 4.69) is 15.0 Å². The first kappa shape index (κ1) is 16.2. The number of aliphatic hydroxyl groups is 1. The summed E-state index contributed by atoms with van der Waals surface area (Å²) < 4.78 is 11.0. The lowest BCUT2D eigenvalue weighted by molar-refractivity contribution is -0.143. The molecular formula is C16H14N2O5S. The molecule has 1 aromatic carbocycles. The van der Waals surface area contributed by atoms with E-state index in [0.29, 0.717) is 10.8 Å². The van der Waals surface area contributed by atoms with Gasteiger partial charge in [-0.05, 0) is 24.3 Å². The second kappa shape index (κ2) is 6.81. The fourth-order valence-electron chi connectivity index (χ4n) is 2.10. The highest BCUT2D eigenvalue weighted by Gasteiger charge is 2.23. The smallest absolute Gasteiger partial charge is 0.330 e. The number of thiazole rings is 1. The lowest BCUT2D eigenvalue weighted by Gasteiger charge is -2.12. The second-order valence-electron chi connectivity index (χ2n) is 4.88. The lowest BCUT2D eigenvalue weighted by Crippen LogP contribution is -2.43. The fraction of sp³-hybridized carbons (Fsp3) is 0.188. The molecule has 2 heterocycles. The minimum atomic E-state index is -1.14. The van der Waals surface area contributed by atoms with Crippen molar-refractivity contribution in [2.75, 3.05) is 13.7 Å². The zero-order valence-electron chi connectivity index (χ0n) is 12.7. The number of aromatic nitrogens is 1. The topological polar surface area (TPSA) is 102 Å². The van der Waals surface area contributed by atoms with Crippen LogP contribution in [0.4, 0.5) is 0 Å². The molecular weight excluding hydrogens is 332 g/mol. The molecule has 1 amide bonds. The summed E-state index contributed by atoms with van der Waals surface area (Å²) >= 11 is 1.45. The number of amides is 1. The minimum absolute atomic E-state index is 0.0200. The third-order valence-corrected chi connectivity index (χ3v) is 4.36. The Bertz CT molecular complexity index is 852. The number of hydrogen-bond acceptors (Lipinski definition) is 7. The Morgan fingerprint density at radius 2 is 2.12 bits per heavy atom. The molecule has 0 aliphatic heterocycles. The van der Waals surface area contributed by atoms with Crippen LogP contribution < -0.4 is 5.32 Å². The molecule has 0 aliphatic carbocycles. The van der Waals surface area contributed by atoms with Gasteiger partial charge < -0.3 is 19.6 Å². The van der Waals surface area contributed by atoms with Crippen molar-refractivity contribution in [3.05, 3.63) is 42.2 Å². The Kier molecular flexibility index (Phi) is 4.59. The van der Waals surface area contributed by atoms with Gasteiger partial charge in [0.25, 0.3) is 5.91 Å². The van der Waals surface area contributed by atoms with Crippen molar-refractivity contribution in [1.29, 1.82) is 0 Å². The molecule has 0 fully saturated rings. The normalized spacial score (nSPS) is 12.1. The zero-order valence-corrected chi connectivity index (χ0v) is 13.5. The van der Waals surface area contributed by atoms with E-state index in [1.54, 1.807) is 6.07 Å². The lowest BCUT2D eigenvalue weighted by atomic mass is 10.3. The van der Waals surface area contributed by atoms with Gasteiger partial charge in [-0.2, -0.15) is 0 Å². The molecule has 0 unspecified atom stereocenters. The first-order valence-corrected chi connectivity index (χ1v) is 7.89. The van der Waals surface area contributed by atoms with Gasteiger partial charge in [0.05, 0.1) is 23.9 Å². The molecule has 0 saturated carbocycles. The first-order valence-electron chi connectivity index (χ1n) is 7.07. The average molecular weight is 346 g/mol. The predicted molar refractivity (Wildman–Crippen MR) is 87.7 cm³/mol. The number of carbonyl (C=O) groups is 2. The maximum Gasteiger partial charge on any atom is 0.330 e. The maximum absolute atomic E-state index is 12.1. The van der Waals surface area contributed by atoms with Crippen LogP contribution in [0.25, 0.3) is 21.0 Å². The number of methoxy groups -OCH3 is 1. The summed E-state index contributed by atoms with van der Waals surface area (Å²) in [4.78, 5) is 28.0. The van der Waals surface area contributed by atoms with E-state index >= 15 is 0 Å². The Balaban J connectivity index is 1.79. The average Bonchev–Trinajstić information content (AvgIpc) is 3.24. The van der Waals surface area contributed by atoms with Crippen LogP contribution in [0.15, 0.2) is 40.8 Å². The Morgan fingerprint density at radius 3 is 2.83 bits per heavy atom. The highest BCUT2D eigenvalue weighted by molar-refractivity contribution is 7.21. The molecule has 0 saturated heterocycles. The summed E-state index contributed by atoms with van der Waals surface area (Å²) in [6.45, 7) is -0.566. The Labute approximate surface area is 140 Å². The van der Waals surface area contributed by atoms with Gasteiger partial charge in [-0.3, -0.25) is 4.79 Å². The van der Waals surface area contributed by atoms with E-state index < -0.39 is 24.5 Å². The number of nitrogens with one attached hydrogen (secondary N) is 1. The standard InChI is InChI=1S/C16H14N2O5S/c1-22-16(21)10(8-19)17-14(20)11-6-7-12(23-11)15-18-9-4-2-3-5-13(9)24-15/h2-7,10,19H,8H2,1H3,(H,17,20)/t10-/m0/s1. The van der Waals surface area contributed by atoms with Crippen LogP contribution in [0.1, 0.15) is 10.6 Å². The number of hydrogen-bond donors (Lipinski definition) is 2. The van der Waals surface area contributed by atoms with Crippen molar-refractivity contribution < 1.29 is 23.8 Å². The van der Waals surface area contributed by atoms with Crippen LogP contribution in [0.2, 0.25) is 0 Å². The number of esters is 1. The summed E-state index contributed by atoms with van der Waals surface area (Å²) in [6, 6.07) is 9.66. The van der Waals surface area contributed by atoms with Crippen LogP contribution in [0, 0.1) is 0 Å². The fourth-order valence-corrected chi connectivity index (χ4v) is 3.03. The molecule has 0 radical (unpaired) electrons. The molecule has 0 spiro atoms. The molecule has 24 heavy (non-hydrogen) atoms. The number of ether oxygens (including phenoxy) is 1. The number of furan rings is 1. The van der Waals surface area contributed by atoms with Crippen molar-refractivity contribution in [2.24, 2.45) is 0 Å². The number of aliphatic hydroxyl groups excluding tert-OH is 1. The van der Waals surface area contributed by atoms with Crippen LogP contribution in [-0.2, 0) is 9.53 Å². The van der Waals surface area contributed by atoms with Crippen molar-refractivity contribution >= 4 is 33.4 Å². The van der Waals surface area contributed by atoms with Gasteiger partial charge in [-0.25, -0.2) is 9.78 Å². The van der Waals surface area contributed by atoms with E-state index in [-0.39, 0.29) is 5.76 Å². The van der Waals surface area contributed by atoms with Crippen LogP contribution in [-0.4, -0.2) is 41.7 Å². The quantitative estimate of drug-likeness (QED) is 0.683. The third-order valence-electron chi connectivity index (χ3n) is 3.31. The van der Waals surface area contributed by atoms with E-state index in [9.17, 15) is 9.59 Å². The highest BCUT2D eigenvalue weighted by atomic mass is 32.1. The molecule has 2 aromatic heterocycles. The minimum Gasteiger partial charge on any atom is -0.467 e. The summed E-state index contributed by atoms with van der Waals surface area (Å²) in [5.74, 6) is -0.873. The highest BCUT2D eigenvalue weighted by Crippen LogP contribution is 2.31. The summed E-state index contributed by atoms with van der Waals surface area (Å²) in [5, 5.41) is 12.1. The van der Waals surface area contributed by atoms with Gasteiger partial charge in [0, 0.05) is 0 Å². The molecule has 2 N–H and O–H groups in total. The van der Waals surface area contributed by atoms with Crippen molar-refractivity contribution in [3.8, 4) is 10.8 Å². The summed E-state index contributed by atoms with van der Waals surface area (Å²) in [5.41, 5.74) is 0.853. The molecule has 124 valence electrons. The third kappa shape index (κ3) is 3.15. The van der Waals surface area contributed by atoms with E-state index in [4.69, 9.17) is 9.52 Å². The summed E-state index contributed by atoms with van der Waals surface area (Å²) in [7, 11) is 1.18. The molecule has 8 heteroatoms. The first-order chi connectivity index (χ1) is 11.6. The molecule has 7 nitrogen and oxygen atoms in total. The molecule has 0 bridgehead atoms. The van der Waals surface area contributed by atoms with Gasteiger partial charge >= 0.3 is 5.97 Å². The van der Waals surface area contributed by atoms with Gasteiger partial charge in [0.1, 0.15) is 0 Å². The van der Waals surface area contributed by atoms with Gasteiger partial charge in [0.2, 0.25) is 0 Å². The van der Waals surface area contributed by atoms with E-state index in [0.717, 1.165) is 10.2 Å². The number of para-hydroxylation sites is 1. The zero-order chi connectivity index (χ0) is 17.1. The second-order valence-corrected chi connectivity index (χ2v) is 5.91.